The van der Waals surface area contributed by atoms with Crippen LogP contribution in [0.3, 0.4) is 0 Å². The van der Waals surface area contributed by atoms with E-state index in [0.717, 1.165) is 0 Å². The van der Waals surface area contributed by atoms with Crippen LogP contribution in [0.2, 0.25) is 10.0 Å². The molecule has 164 valence electrons. The smallest absolute Gasteiger partial charge is 0.255 e. The summed E-state index contributed by atoms with van der Waals surface area (Å²) in [5.41, 5.74) is 2.32. The van der Waals surface area contributed by atoms with E-state index in [1.807, 2.05) is 0 Å². The van der Waals surface area contributed by atoms with Crippen molar-refractivity contribution in [2.75, 3.05) is 10.6 Å². The van der Waals surface area contributed by atoms with Crippen molar-refractivity contribution in [3.63, 3.8) is 0 Å². The first kappa shape index (κ1) is 22.4. The standard InChI is InChI=1S/C26H18Cl2N2O3/c27-19-5-1-17(2-6-19)25(31)29-21-9-13-23(14-10-21)33-24-15-11-22(12-16-24)30-26(32)18-3-7-20(28)8-4-18/h1-16H,(H,29,31)(H,30,32). The normalized spacial score (nSPS) is 10.4. The Morgan fingerprint density at radius 3 is 1.18 bits per heavy atom. The third kappa shape index (κ3) is 6.13. The molecule has 0 bridgehead atoms. The van der Waals surface area contributed by atoms with Gasteiger partial charge in [0.2, 0.25) is 0 Å². The lowest BCUT2D eigenvalue weighted by molar-refractivity contribution is 0.101. The van der Waals surface area contributed by atoms with Crippen molar-refractivity contribution in [3.05, 3.63) is 118 Å². The van der Waals surface area contributed by atoms with Crippen molar-refractivity contribution in [3.8, 4) is 11.5 Å². The zero-order valence-corrected chi connectivity index (χ0v) is 18.7. The number of anilines is 2. The van der Waals surface area contributed by atoms with Gasteiger partial charge in [0.05, 0.1) is 0 Å². The van der Waals surface area contributed by atoms with Crippen LogP contribution in [0.1, 0.15) is 20.7 Å². The highest BCUT2D eigenvalue weighted by molar-refractivity contribution is 6.31. The van der Waals surface area contributed by atoms with Gasteiger partial charge in [0, 0.05) is 32.5 Å². The van der Waals surface area contributed by atoms with Gasteiger partial charge in [-0.15, -0.1) is 0 Å². The number of carbonyl (C=O) groups excluding carboxylic acids is 2. The minimum absolute atomic E-state index is 0.225. The largest absolute Gasteiger partial charge is 0.457 e. The molecule has 0 aliphatic carbocycles. The predicted octanol–water partition coefficient (Wildman–Crippen LogP) is 7.29. The summed E-state index contributed by atoms with van der Waals surface area (Å²) in [6.45, 7) is 0. The number of hydrogen-bond donors (Lipinski definition) is 2. The number of halogens is 2. The average molecular weight is 477 g/mol. The van der Waals surface area contributed by atoms with E-state index in [2.05, 4.69) is 10.6 Å². The molecule has 0 fully saturated rings. The summed E-state index contributed by atoms with van der Waals surface area (Å²) in [6, 6.07) is 27.4. The highest BCUT2D eigenvalue weighted by Crippen LogP contribution is 2.25. The molecule has 0 aliphatic rings. The molecule has 33 heavy (non-hydrogen) atoms. The van der Waals surface area contributed by atoms with Crippen molar-refractivity contribution in [2.24, 2.45) is 0 Å². The molecule has 0 radical (unpaired) electrons. The van der Waals surface area contributed by atoms with Crippen LogP contribution in [-0.2, 0) is 0 Å². The summed E-state index contributed by atoms with van der Waals surface area (Å²) in [5, 5.41) is 6.80. The van der Waals surface area contributed by atoms with Crippen LogP contribution in [0.25, 0.3) is 0 Å². The van der Waals surface area contributed by atoms with Gasteiger partial charge in [-0.2, -0.15) is 0 Å². The molecular weight excluding hydrogens is 459 g/mol. The van der Waals surface area contributed by atoms with Crippen molar-refractivity contribution in [2.45, 2.75) is 0 Å². The van der Waals surface area contributed by atoms with E-state index in [-0.39, 0.29) is 11.8 Å². The van der Waals surface area contributed by atoms with E-state index in [9.17, 15) is 9.59 Å². The van der Waals surface area contributed by atoms with Crippen molar-refractivity contribution >= 4 is 46.4 Å². The molecule has 0 unspecified atom stereocenters. The number of nitrogens with one attached hydrogen (secondary N) is 2. The van der Waals surface area contributed by atoms with Gasteiger partial charge >= 0.3 is 0 Å². The van der Waals surface area contributed by atoms with Gasteiger partial charge in [-0.05, 0) is 97.1 Å². The molecule has 7 heteroatoms. The Kier molecular flexibility index (Phi) is 6.93. The molecule has 4 aromatic carbocycles. The van der Waals surface area contributed by atoms with Crippen LogP contribution < -0.4 is 15.4 Å². The molecule has 0 spiro atoms. The first-order chi connectivity index (χ1) is 16.0. The fourth-order valence-electron chi connectivity index (χ4n) is 2.96. The fraction of sp³-hybridized carbons (Fsp3) is 0. The minimum Gasteiger partial charge on any atom is -0.457 e. The van der Waals surface area contributed by atoms with Crippen molar-refractivity contribution in [1.82, 2.24) is 0 Å². The number of rotatable bonds is 6. The van der Waals surface area contributed by atoms with Crippen LogP contribution in [0.4, 0.5) is 11.4 Å². The van der Waals surface area contributed by atoms with Gasteiger partial charge in [-0.25, -0.2) is 0 Å². The van der Waals surface area contributed by atoms with Gasteiger partial charge in [-0.3, -0.25) is 9.59 Å². The van der Waals surface area contributed by atoms with Crippen LogP contribution >= 0.6 is 23.2 Å². The summed E-state index contributed by atoms with van der Waals surface area (Å²) >= 11 is 11.7. The molecule has 4 aromatic rings. The quantitative estimate of drug-likeness (QED) is 0.307. The van der Waals surface area contributed by atoms with Crippen molar-refractivity contribution in [1.29, 1.82) is 0 Å². The number of benzene rings is 4. The van der Waals surface area contributed by atoms with Crippen molar-refractivity contribution < 1.29 is 14.3 Å². The fourth-order valence-corrected chi connectivity index (χ4v) is 3.21. The van der Waals surface area contributed by atoms with Gasteiger partial charge in [0.25, 0.3) is 11.8 Å². The zero-order valence-electron chi connectivity index (χ0n) is 17.2. The van der Waals surface area contributed by atoms with Crippen LogP contribution in [0.15, 0.2) is 97.1 Å². The lowest BCUT2D eigenvalue weighted by Gasteiger charge is -2.10. The van der Waals surface area contributed by atoms with Gasteiger partial charge < -0.3 is 15.4 Å². The average Bonchev–Trinajstić information content (AvgIpc) is 2.82. The van der Waals surface area contributed by atoms with E-state index in [0.29, 0.717) is 44.0 Å². The first-order valence-corrected chi connectivity index (χ1v) is 10.7. The number of hydrogen-bond acceptors (Lipinski definition) is 3. The number of ether oxygens (including phenoxy) is 1. The molecule has 2 amide bonds. The van der Waals surface area contributed by atoms with Gasteiger partial charge in [0.15, 0.2) is 0 Å². The van der Waals surface area contributed by atoms with Gasteiger partial charge in [-0.1, -0.05) is 23.2 Å². The molecule has 0 saturated heterocycles. The monoisotopic (exact) mass is 476 g/mol. The van der Waals surface area contributed by atoms with E-state index in [4.69, 9.17) is 27.9 Å². The third-order valence-electron chi connectivity index (χ3n) is 4.67. The zero-order chi connectivity index (χ0) is 23.2. The highest BCUT2D eigenvalue weighted by Gasteiger charge is 2.08. The maximum atomic E-state index is 12.3. The molecule has 0 saturated carbocycles. The number of amides is 2. The van der Waals surface area contributed by atoms with Crippen LogP contribution in [-0.4, -0.2) is 11.8 Å². The third-order valence-corrected chi connectivity index (χ3v) is 5.18. The lowest BCUT2D eigenvalue weighted by Crippen LogP contribution is -2.11. The van der Waals surface area contributed by atoms with E-state index >= 15 is 0 Å². The first-order valence-electron chi connectivity index (χ1n) is 9.98. The van der Waals surface area contributed by atoms with E-state index in [1.165, 1.54) is 0 Å². The molecular formula is C26H18Cl2N2O3. The Hall–Kier alpha value is -3.80. The Morgan fingerprint density at radius 1 is 0.515 bits per heavy atom. The Morgan fingerprint density at radius 2 is 0.848 bits per heavy atom. The summed E-state index contributed by atoms with van der Waals surface area (Å²) in [7, 11) is 0. The second-order valence-corrected chi connectivity index (χ2v) is 7.95. The molecule has 0 heterocycles. The van der Waals surface area contributed by atoms with E-state index < -0.39 is 0 Å². The second-order valence-electron chi connectivity index (χ2n) is 7.07. The summed E-state index contributed by atoms with van der Waals surface area (Å²) in [6.07, 6.45) is 0. The minimum atomic E-state index is -0.225. The maximum absolute atomic E-state index is 12.3. The Labute approximate surface area is 200 Å². The molecule has 0 aliphatic heterocycles. The molecule has 0 atom stereocenters. The summed E-state index contributed by atoms with van der Waals surface area (Å²) < 4.78 is 5.84. The second kappa shape index (κ2) is 10.2. The summed E-state index contributed by atoms with van der Waals surface area (Å²) in [4.78, 5) is 24.6. The van der Waals surface area contributed by atoms with Crippen LogP contribution in [0, 0.1) is 0 Å². The maximum Gasteiger partial charge on any atom is 0.255 e. The van der Waals surface area contributed by atoms with Gasteiger partial charge in [0.1, 0.15) is 11.5 Å². The molecule has 0 aromatic heterocycles. The highest BCUT2D eigenvalue weighted by atomic mass is 35.5. The molecule has 5 nitrogen and oxygen atoms in total. The number of carbonyl (C=O) groups is 2. The molecule has 4 rings (SSSR count). The molecule has 2 N–H and O–H groups in total. The van der Waals surface area contributed by atoms with Crippen LogP contribution in [0.5, 0.6) is 11.5 Å². The predicted molar refractivity (Wildman–Crippen MR) is 132 cm³/mol. The Balaban J connectivity index is 1.33. The topological polar surface area (TPSA) is 67.4 Å². The Bertz CT molecular complexity index is 1150. The lowest BCUT2D eigenvalue weighted by atomic mass is 10.2. The van der Waals surface area contributed by atoms with E-state index in [1.54, 1.807) is 97.1 Å². The summed E-state index contributed by atoms with van der Waals surface area (Å²) in [5.74, 6) is 0.767. The SMILES string of the molecule is O=C(Nc1ccc(Oc2ccc(NC(=O)c3ccc(Cl)cc3)cc2)cc1)c1ccc(Cl)cc1.